The second kappa shape index (κ2) is 8.61. The fourth-order valence-electron chi connectivity index (χ4n) is 2.06. The third kappa shape index (κ3) is 5.31. The number of amides is 2. The van der Waals surface area contributed by atoms with Gasteiger partial charge in [-0.2, -0.15) is 0 Å². The third-order valence-electron chi connectivity index (χ3n) is 3.31. The van der Waals surface area contributed by atoms with Crippen molar-refractivity contribution in [1.29, 1.82) is 0 Å². The summed E-state index contributed by atoms with van der Waals surface area (Å²) in [4.78, 5) is 41.0. The molecule has 1 rings (SSSR count). The summed E-state index contributed by atoms with van der Waals surface area (Å²) in [5, 5.41) is 12.7. The first-order valence-corrected chi connectivity index (χ1v) is 8.34. The van der Waals surface area contributed by atoms with Crippen molar-refractivity contribution in [3.05, 3.63) is 15.6 Å². The fourth-order valence-corrected chi connectivity index (χ4v) is 3.18. The maximum Gasteiger partial charge on any atom is 0.326 e. The van der Waals surface area contributed by atoms with Crippen LogP contribution in [0, 0.1) is 6.92 Å². The highest BCUT2D eigenvalue weighted by atomic mass is 32.1. The number of carbonyl (C=O) groups excluding carboxylic acids is 2. The Balaban J connectivity index is 2.97. The monoisotopic (exact) mass is 341 g/mol. The number of hydrogen-bond acceptors (Lipinski definition) is 5. The normalized spacial score (nSPS) is 11.8. The van der Waals surface area contributed by atoms with Crippen LogP contribution in [0.2, 0.25) is 0 Å². The van der Waals surface area contributed by atoms with Crippen molar-refractivity contribution in [2.24, 2.45) is 0 Å². The van der Waals surface area contributed by atoms with E-state index in [0.29, 0.717) is 10.6 Å². The minimum atomic E-state index is -1.09. The molecule has 0 aliphatic rings. The van der Waals surface area contributed by atoms with Crippen molar-refractivity contribution in [3.8, 4) is 0 Å². The molecule has 0 saturated carbocycles. The van der Waals surface area contributed by atoms with Crippen LogP contribution in [0.25, 0.3) is 0 Å². The molecule has 1 aromatic rings. The summed E-state index contributed by atoms with van der Waals surface area (Å²) >= 11 is 1.31. The van der Waals surface area contributed by atoms with Gasteiger partial charge in [0, 0.05) is 20.0 Å². The lowest BCUT2D eigenvalue weighted by Crippen LogP contribution is -2.46. The topological polar surface area (TPSA) is 99.6 Å². The summed E-state index contributed by atoms with van der Waals surface area (Å²) in [5.41, 5.74) is 0.616. The first kappa shape index (κ1) is 19.1. The highest BCUT2D eigenvalue weighted by Gasteiger charge is 2.28. The molecule has 0 spiro atoms. The van der Waals surface area contributed by atoms with E-state index in [2.05, 4.69) is 10.3 Å². The quantitative estimate of drug-likeness (QED) is 0.745. The van der Waals surface area contributed by atoms with Crippen LogP contribution in [0.4, 0.5) is 0 Å². The number of rotatable bonds is 8. The third-order valence-corrected chi connectivity index (χ3v) is 4.52. The summed E-state index contributed by atoms with van der Waals surface area (Å²) in [6, 6.07) is -0.979. The van der Waals surface area contributed by atoms with E-state index in [9.17, 15) is 19.5 Å². The predicted octanol–water partition coefficient (Wildman–Crippen LogP) is 1.46. The molecule has 8 heteroatoms. The Labute approximate surface area is 139 Å². The molecule has 0 fully saturated rings. The molecule has 0 saturated heterocycles. The molecule has 0 bridgehead atoms. The summed E-state index contributed by atoms with van der Waals surface area (Å²) in [7, 11) is 0. The van der Waals surface area contributed by atoms with Gasteiger partial charge < -0.3 is 15.3 Å². The number of aromatic nitrogens is 1. The second-order valence-electron chi connectivity index (χ2n) is 5.27. The molecule has 1 aromatic heterocycles. The average molecular weight is 341 g/mol. The van der Waals surface area contributed by atoms with E-state index < -0.39 is 12.0 Å². The number of nitrogens with zero attached hydrogens (tertiary/aromatic N) is 2. The van der Waals surface area contributed by atoms with Gasteiger partial charge in [-0.1, -0.05) is 6.92 Å². The van der Waals surface area contributed by atoms with Gasteiger partial charge in [-0.25, -0.2) is 9.78 Å². The largest absolute Gasteiger partial charge is 0.480 e. The zero-order chi connectivity index (χ0) is 17.6. The summed E-state index contributed by atoms with van der Waals surface area (Å²) in [6.45, 7) is 6.95. The van der Waals surface area contributed by atoms with Crippen molar-refractivity contribution in [2.45, 2.75) is 46.6 Å². The molecule has 2 N–H and O–H groups in total. The molecule has 23 heavy (non-hydrogen) atoms. The Morgan fingerprint density at radius 1 is 1.39 bits per heavy atom. The van der Waals surface area contributed by atoms with E-state index in [4.69, 9.17) is 0 Å². The first-order valence-electron chi connectivity index (χ1n) is 7.52. The Kier molecular flexibility index (Phi) is 7.15. The van der Waals surface area contributed by atoms with Crippen LogP contribution >= 0.6 is 11.3 Å². The smallest absolute Gasteiger partial charge is 0.326 e. The Hall–Kier alpha value is -1.96. The lowest BCUT2D eigenvalue weighted by Gasteiger charge is -2.26. The van der Waals surface area contributed by atoms with Crippen LogP contribution in [0.1, 0.15) is 47.6 Å². The lowest BCUT2D eigenvalue weighted by molar-refractivity contribution is -0.141. The molecular weight excluding hydrogens is 318 g/mol. The maximum absolute atomic E-state index is 12.7. The van der Waals surface area contributed by atoms with E-state index in [-0.39, 0.29) is 24.9 Å². The molecule has 1 heterocycles. The Morgan fingerprint density at radius 3 is 2.57 bits per heavy atom. The number of hydrogen-bond donors (Lipinski definition) is 2. The van der Waals surface area contributed by atoms with Crippen molar-refractivity contribution in [1.82, 2.24) is 15.2 Å². The summed E-state index contributed by atoms with van der Waals surface area (Å²) in [6.07, 6.45) is 1.72. The molecule has 0 aliphatic carbocycles. The van der Waals surface area contributed by atoms with Gasteiger partial charge in [0.2, 0.25) is 5.91 Å². The molecule has 128 valence electrons. The van der Waals surface area contributed by atoms with Crippen LogP contribution in [0.15, 0.2) is 0 Å². The van der Waals surface area contributed by atoms with Crippen molar-refractivity contribution >= 4 is 29.1 Å². The molecule has 0 radical (unpaired) electrons. The average Bonchev–Trinajstić information content (AvgIpc) is 2.83. The van der Waals surface area contributed by atoms with Gasteiger partial charge in [0.1, 0.15) is 10.9 Å². The number of aryl methyl sites for hydroxylation is 2. The number of carbonyl (C=O) groups is 3. The van der Waals surface area contributed by atoms with Gasteiger partial charge in [0.15, 0.2) is 0 Å². The number of thiazole rings is 1. The van der Waals surface area contributed by atoms with Crippen LogP contribution in [0.5, 0.6) is 0 Å². The minimum absolute atomic E-state index is 0.131. The van der Waals surface area contributed by atoms with Gasteiger partial charge in [0.25, 0.3) is 5.91 Å². The molecule has 2 amide bonds. The zero-order valence-corrected chi connectivity index (χ0v) is 14.7. The lowest BCUT2D eigenvalue weighted by atomic mass is 10.2. The second-order valence-corrected chi connectivity index (χ2v) is 6.35. The number of nitrogens with one attached hydrogen (secondary N) is 1. The van der Waals surface area contributed by atoms with E-state index >= 15 is 0 Å². The van der Waals surface area contributed by atoms with Gasteiger partial charge >= 0.3 is 5.97 Å². The van der Waals surface area contributed by atoms with Crippen molar-refractivity contribution in [3.63, 3.8) is 0 Å². The van der Waals surface area contributed by atoms with E-state index in [1.165, 1.54) is 30.1 Å². The molecule has 7 nitrogen and oxygen atoms in total. The number of aliphatic carboxylic acids is 1. The van der Waals surface area contributed by atoms with Crippen LogP contribution < -0.4 is 5.32 Å². The molecule has 0 aliphatic heterocycles. The summed E-state index contributed by atoms with van der Waals surface area (Å²) < 4.78 is 0. The number of carboxylic acids is 1. The van der Waals surface area contributed by atoms with E-state index in [1.54, 1.807) is 6.92 Å². The van der Waals surface area contributed by atoms with Crippen molar-refractivity contribution < 1.29 is 19.5 Å². The SMILES string of the molecule is CCCc1nc(C)c(C(=O)N(CCNC(C)=O)C(C)C(=O)O)s1. The Morgan fingerprint density at radius 2 is 2.04 bits per heavy atom. The van der Waals surface area contributed by atoms with Crippen LogP contribution in [-0.2, 0) is 16.0 Å². The standard InChI is InChI=1S/C15H23N3O4S/c1-5-6-12-17-9(2)13(23-12)14(20)18(10(3)15(21)22)8-7-16-11(4)19/h10H,5-8H2,1-4H3,(H,16,19)(H,21,22). The molecule has 1 unspecified atom stereocenters. The fraction of sp³-hybridized carbons (Fsp3) is 0.600. The van der Waals surface area contributed by atoms with E-state index in [0.717, 1.165) is 17.8 Å². The Bertz CT molecular complexity index is 585. The van der Waals surface area contributed by atoms with Gasteiger partial charge in [-0.05, 0) is 26.7 Å². The summed E-state index contributed by atoms with van der Waals surface area (Å²) in [5.74, 6) is -1.67. The minimum Gasteiger partial charge on any atom is -0.480 e. The highest BCUT2D eigenvalue weighted by Crippen LogP contribution is 2.22. The van der Waals surface area contributed by atoms with Crippen molar-refractivity contribution in [2.75, 3.05) is 13.1 Å². The maximum atomic E-state index is 12.7. The molecule has 1 atom stereocenters. The number of carboxylic acid groups (broad SMARTS) is 1. The molecule has 0 aromatic carbocycles. The zero-order valence-electron chi connectivity index (χ0n) is 13.9. The first-order chi connectivity index (χ1) is 10.8. The van der Waals surface area contributed by atoms with Gasteiger partial charge in [0.05, 0.1) is 10.7 Å². The predicted molar refractivity (Wildman–Crippen MR) is 87.7 cm³/mol. The van der Waals surface area contributed by atoms with Gasteiger partial charge in [-0.3, -0.25) is 9.59 Å². The highest BCUT2D eigenvalue weighted by molar-refractivity contribution is 7.13. The van der Waals surface area contributed by atoms with Crippen LogP contribution in [0.3, 0.4) is 0 Å². The molecular formula is C15H23N3O4S. The van der Waals surface area contributed by atoms with Gasteiger partial charge in [-0.15, -0.1) is 11.3 Å². The van der Waals surface area contributed by atoms with Crippen LogP contribution in [-0.4, -0.2) is 51.9 Å². The van der Waals surface area contributed by atoms with E-state index in [1.807, 2.05) is 6.92 Å².